The van der Waals surface area contributed by atoms with Crippen LogP contribution in [0.1, 0.15) is 18.9 Å². The predicted octanol–water partition coefficient (Wildman–Crippen LogP) is 4.45. The minimum Gasteiger partial charge on any atom is -0.368 e. The lowest BCUT2D eigenvalue weighted by atomic mass is 10.0. The molecule has 0 unspecified atom stereocenters. The molecule has 5 heterocycles. The number of benzene rings is 2. The summed E-state index contributed by atoms with van der Waals surface area (Å²) in [4.78, 5) is 41.8. The number of fused-ring (bicyclic) bond motifs is 1. The van der Waals surface area contributed by atoms with Gasteiger partial charge in [-0.2, -0.15) is 0 Å². The third-order valence-corrected chi connectivity index (χ3v) is 9.32. The van der Waals surface area contributed by atoms with Crippen LogP contribution >= 0.6 is 0 Å². The lowest BCUT2D eigenvalue weighted by Gasteiger charge is -2.37. The van der Waals surface area contributed by atoms with E-state index in [4.69, 9.17) is 4.74 Å². The molecule has 0 spiro atoms. The Bertz CT molecular complexity index is 1830. The van der Waals surface area contributed by atoms with Gasteiger partial charge >= 0.3 is 0 Å². The number of carbonyl (C=O) groups is 2. The fourth-order valence-electron chi connectivity index (χ4n) is 6.47. The zero-order valence-electron chi connectivity index (χ0n) is 26.9. The second-order valence-electron chi connectivity index (χ2n) is 12.3. The first-order valence-electron chi connectivity index (χ1n) is 16.0. The molecule has 7 rings (SSSR count). The number of hydrogen-bond donors (Lipinski definition) is 2. The Balaban J connectivity index is 0.937. The average Bonchev–Trinajstić information content (AvgIpc) is 3.75. The summed E-state index contributed by atoms with van der Waals surface area (Å²) in [7, 11) is 1.54. The van der Waals surface area contributed by atoms with Crippen LogP contribution in [0.15, 0.2) is 101 Å². The summed E-state index contributed by atoms with van der Waals surface area (Å²) >= 11 is 0. The van der Waals surface area contributed by atoms with Crippen LogP contribution in [0.3, 0.4) is 0 Å². The van der Waals surface area contributed by atoms with Gasteiger partial charge in [-0.15, -0.1) is 10.2 Å². The third kappa shape index (κ3) is 6.22. The van der Waals surface area contributed by atoms with E-state index >= 15 is 0 Å². The van der Waals surface area contributed by atoms with Gasteiger partial charge in [0.25, 0.3) is 5.91 Å². The monoisotopic (exact) mass is 647 g/mol. The van der Waals surface area contributed by atoms with E-state index in [1.165, 1.54) is 0 Å². The van der Waals surface area contributed by atoms with E-state index in [1.807, 2.05) is 40.1 Å². The molecule has 13 heteroatoms. The number of hydroxylamine groups is 2. The molecule has 4 aliphatic heterocycles. The predicted molar refractivity (Wildman–Crippen MR) is 180 cm³/mol. The number of methoxy groups -OCH3 is 1. The maximum Gasteiger partial charge on any atom is 0.258 e. The van der Waals surface area contributed by atoms with Crippen molar-refractivity contribution in [2.45, 2.75) is 18.9 Å². The summed E-state index contributed by atoms with van der Waals surface area (Å²) in [6.45, 7) is 5.65. The summed E-state index contributed by atoms with van der Waals surface area (Å²) < 4.78 is 5.84. The second-order valence-corrected chi connectivity index (χ2v) is 12.3. The van der Waals surface area contributed by atoms with Crippen molar-refractivity contribution in [3.05, 3.63) is 96.1 Å². The van der Waals surface area contributed by atoms with E-state index in [0.717, 1.165) is 40.5 Å². The van der Waals surface area contributed by atoms with Crippen molar-refractivity contribution < 1.29 is 19.5 Å². The summed E-state index contributed by atoms with van der Waals surface area (Å²) in [6, 6.07) is 15.5. The maximum atomic E-state index is 13.7. The van der Waals surface area contributed by atoms with Gasteiger partial charge in [0, 0.05) is 98.7 Å². The Kier molecular flexibility index (Phi) is 8.56. The highest BCUT2D eigenvalue weighted by Crippen LogP contribution is 2.40. The van der Waals surface area contributed by atoms with Crippen LogP contribution in [0.25, 0.3) is 17.1 Å². The third-order valence-electron chi connectivity index (χ3n) is 9.32. The normalized spacial score (nSPS) is 22.2. The highest BCUT2D eigenvalue weighted by Gasteiger charge is 2.45. The van der Waals surface area contributed by atoms with Crippen LogP contribution in [0.4, 0.5) is 17.1 Å². The standard InChI is InChI=1S/C35H37N9O4/c1-24-20-26(10-14-44(24)47)32-29-21-27(6-9-30(29)39-40-32)38-34(46)35(48-2)11-15-41(23-35)22-31(45)43-18-16-42(17-19-43)28-7-4-25(5-8-28)33-36-12-3-13-37-33/h3-10,12-14,20-21,47H,11,15-19,22-23H2,1-2H3,(H,38,46)/t35-/m0/s1. The Hall–Kier alpha value is -5.24. The van der Waals surface area contributed by atoms with Crippen LogP contribution in [0.5, 0.6) is 0 Å². The van der Waals surface area contributed by atoms with Crippen molar-refractivity contribution in [1.82, 2.24) is 24.8 Å². The molecular formula is C35H37N9O4. The smallest absolute Gasteiger partial charge is 0.258 e. The van der Waals surface area contributed by atoms with Gasteiger partial charge in [0.2, 0.25) is 5.91 Å². The Labute approximate surface area is 278 Å². The van der Waals surface area contributed by atoms with Crippen LogP contribution in [-0.4, -0.2) is 100 Å². The van der Waals surface area contributed by atoms with Gasteiger partial charge < -0.3 is 19.9 Å². The molecule has 48 heavy (non-hydrogen) atoms. The number of nitrogens with zero attached hydrogens (tertiary/aromatic N) is 8. The molecule has 1 atom stereocenters. The quantitative estimate of drug-likeness (QED) is 0.381. The number of likely N-dealkylation sites (tertiary alicyclic amines) is 1. The number of anilines is 2. The van der Waals surface area contributed by atoms with Crippen molar-refractivity contribution in [3.8, 4) is 11.4 Å². The van der Waals surface area contributed by atoms with Crippen LogP contribution in [0.2, 0.25) is 0 Å². The first kappa shape index (κ1) is 31.4. The molecule has 13 nitrogen and oxygen atoms in total. The molecule has 2 aromatic carbocycles. The molecular weight excluding hydrogens is 610 g/mol. The molecule has 0 saturated carbocycles. The number of azo groups is 1. The van der Waals surface area contributed by atoms with Crippen LogP contribution < -0.4 is 10.2 Å². The molecule has 0 aliphatic carbocycles. The van der Waals surface area contributed by atoms with E-state index in [2.05, 4.69) is 42.5 Å². The van der Waals surface area contributed by atoms with Gasteiger partial charge in [-0.3, -0.25) is 19.7 Å². The Morgan fingerprint density at radius 1 is 1.00 bits per heavy atom. The molecule has 2 saturated heterocycles. The topological polar surface area (TPSA) is 139 Å². The van der Waals surface area contributed by atoms with Crippen molar-refractivity contribution in [1.29, 1.82) is 0 Å². The number of allylic oxidation sites excluding steroid dienone is 4. The first-order chi connectivity index (χ1) is 23.3. The zero-order chi connectivity index (χ0) is 33.3. The van der Waals surface area contributed by atoms with Gasteiger partial charge in [0.15, 0.2) is 11.4 Å². The number of nitrogens with one attached hydrogen (secondary N) is 1. The molecule has 0 radical (unpaired) electrons. The van der Waals surface area contributed by atoms with Crippen molar-refractivity contribution in [2.24, 2.45) is 10.2 Å². The Morgan fingerprint density at radius 3 is 2.50 bits per heavy atom. The summed E-state index contributed by atoms with van der Waals surface area (Å²) in [5.74, 6) is 0.486. The number of amides is 2. The van der Waals surface area contributed by atoms with E-state index in [-0.39, 0.29) is 18.4 Å². The van der Waals surface area contributed by atoms with Crippen molar-refractivity contribution in [3.63, 3.8) is 0 Å². The zero-order valence-corrected chi connectivity index (χ0v) is 26.9. The van der Waals surface area contributed by atoms with Gasteiger partial charge in [0.1, 0.15) is 5.70 Å². The molecule has 3 aromatic rings. The number of ether oxygens (including phenoxy) is 1. The van der Waals surface area contributed by atoms with Gasteiger partial charge in [-0.05, 0) is 74.0 Å². The number of rotatable bonds is 7. The van der Waals surface area contributed by atoms with E-state index in [9.17, 15) is 14.8 Å². The number of piperazine rings is 1. The lowest BCUT2D eigenvalue weighted by Crippen LogP contribution is -2.52. The molecule has 2 amide bonds. The molecule has 4 aliphatic rings. The van der Waals surface area contributed by atoms with E-state index in [1.54, 1.807) is 50.8 Å². The number of carbonyl (C=O) groups excluding carboxylic acids is 2. The van der Waals surface area contributed by atoms with Crippen molar-refractivity contribution in [2.75, 3.05) is 63.1 Å². The van der Waals surface area contributed by atoms with Crippen LogP contribution in [0, 0.1) is 0 Å². The molecule has 0 bridgehead atoms. The van der Waals surface area contributed by atoms with Crippen molar-refractivity contribution >= 4 is 34.6 Å². The second kappa shape index (κ2) is 13.1. The fourth-order valence-corrected chi connectivity index (χ4v) is 6.47. The van der Waals surface area contributed by atoms with Gasteiger partial charge in [0.05, 0.1) is 12.2 Å². The summed E-state index contributed by atoms with van der Waals surface area (Å²) in [6.07, 6.45) is 9.07. The highest BCUT2D eigenvalue weighted by atomic mass is 16.5. The van der Waals surface area contributed by atoms with E-state index in [0.29, 0.717) is 61.2 Å². The largest absolute Gasteiger partial charge is 0.368 e. The van der Waals surface area contributed by atoms with Gasteiger partial charge in [-0.25, -0.2) is 15.0 Å². The highest BCUT2D eigenvalue weighted by molar-refractivity contribution is 5.99. The van der Waals surface area contributed by atoms with Gasteiger partial charge in [-0.1, -0.05) is 0 Å². The molecule has 1 aromatic heterocycles. The fraction of sp³-hybridized carbons (Fsp3) is 0.314. The minimum atomic E-state index is -1.08. The molecule has 2 fully saturated rings. The number of hydrogen-bond acceptors (Lipinski definition) is 11. The number of aromatic nitrogens is 2. The first-order valence-corrected chi connectivity index (χ1v) is 16.0. The SMILES string of the molecule is CO[C@@]1(C(=O)Nc2ccc3c(c2)C(=C2C=CN(O)C(C)=C2)N=N3)CCN(CC(=O)N2CCN(c3ccc(-c4ncccn4)cc3)CC2)C1. The average molecular weight is 648 g/mol. The molecule has 246 valence electrons. The summed E-state index contributed by atoms with van der Waals surface area (Å²) in [5, 5.41) is 22.6. The molecule has 2 N–H and O–H groups in total. The maximum absolute atomic E-state index is 13.7. The Morgan fingerprint density at radius 2 is 1.77 bits per heavy atom. The minimum absolute atomic E-state index is 0.0515. The lowest BCUT2D eigenvalue weighted by molar-refractivity contribution is -0.138. The van der Waals surface area contributed by atoms with Crippen LogP contribution in [-0.2, 0) is 14.3 Å². The van der Waals surface area contributed by atoms with E-state index < -0.39 is 5.60 Å². The summed E-state index contributed by atoms with van der Waals surface area (Å²) in [5.41, 5.74) is 5.19.